The highest BCUT2D eigenvalue weighted by molar-refractivity contribution is 9.10. The molecular weight excluding hydrogens is 450 g/mol. The predicted octanol–water partition coefficient (Wildman–Crippen LogP) is 3.64. The molecule has 3 rings (SSSR count). The number of carbonyl (C=O) groups excluding carboxylic acids is 1. The van der Waals surface area contributed by atoms with E-state index in [1.807, 2.05) is 24.3 Å². The molecule has 1 heterocycles. The minimum atomic E-state index is -1.32. The van der Waals surface area contributed by atoms with Gasteiger partial charge in [-0.15, -0.1) is 0 Å². The molecule has 0 unspecified atom stereocenters. The average Bonchev–Trinajstić information content (AvgIpc) is 2.65. The molecule has 28 heavy (non-hydrogen) atoms. The minimum Gasteiger partial charge on any atom is -0.477 e. The maximum Gasteiger partial charge on any atom is 0.341 e. The number of halogens is 2. The van der Waals surface area contributed by atoms with Crippen LogP contribution in [0.5, 0.6) is 0 Å². The van der Waals surface area contributed by atoms with Crippen molar-refractivity contribution in [2.75, 3.05) is 0 Å². The summed E-state index contributed by atoms with van der Waals surface area (Å²) in [5, 5.41) is 15.4. The molecule has 9 heteroatoms. The maximum absolute atomic E-state index is 12.1. The van der Waals surface area contributed by atoms with Crippen LogP contribution in [0.4, 0.5) is 4.79 Å². The zero-order chi connectivity index (χ0) is 20.3. The van der Waals surface area contributed by atoms with Gasteiger partial charge in [-0.25, -0.2) is 9.59 Å². The Bertz CT molecular complexity index is 1110. The van der Waals surface area contributed by atoms with Gasteiger partial charge in [-0.2, -0.15) is 0 Å². The van der Waals surface area contributed by atoms with E-state index in [-0.39, 0.29) is 18.1 Å². The highest BCUT2D eigenvalue weighted by atomic mass is 79.9. The monoisotopic (exact) mass is 463 g/mol. The Hall–Kier alpha value is -2.84. The number of carboxylic acids is 1. The van der Waals surface area contributed by atoms with Gasteiger partial charge in [0.15, 0.2) is 0 Å². The van der Waals surface area contributed by atoms with E-state index in [9.17, 15) is 14.4 Å². The van der Waals surface area contributed by atoms with Gasteiger partial charge in [-0.05, 0) is 41.5 Å². The molecule has 0 aliphatic carbocycles. The second kappa shape index (κ2) is 8.45. The standard InChI is InChI=1S/C19H15BrClN3O4/c20-13-3-1-10(2-4-13)8-22-19(28)23-9-12-6-14(21)5-11-7-15(18(26)27)17(25)24-16(11)12/h1-7H,8-9H2,(H,24,25)(H,26,27)(H2,22,23,28). The van der Waals surface area contributed by atoms with E-state index >= 15 is 0 Å². The molecule has 7 nitrogen and oxygen atoms in total. The fourth-order valence-corrected chi connectivity index (χ4v) is 3.19. The third-order valence-corrected chi connectivity index (χ3v) is 4.78. The molecule has 3 aromatic rings. The SMILES string of the molecule is O=C(NCc1ccc(Br)cc1)NCc1cc(Cl)cc2cc(C(=O)O)c(=O)[nH]c12. The molecule has 0 atom stereocenters. The molecule has 0 aliphatic heterocycles. The Balaban J connectivity index is 1.73. The second-order valence-electron chi connectivity index (χ2n) is 6.01. The van der Waals surface area contributed by atoms with Gasteiger partial charge < -0.3 is 20.7 Å². The topological polar surface area (TPSA) is 111 Å². The largest absolute Gasteiger partial charge is 0.477 e. The van der Waals surface area contributed by atoms with Crippen molar-refractivity contribution in [3.63, 3.8) is 0 Å². The van der Waals surface area contributed by atoms with E-state index < -0.39 is 11.5 Å². The lowest BCUT2D eigenvalue weighted by atomic mass is 10.1. The summed E-state index contributed by atoms with van der Waals surface area (Å²) in [7, 11) is 0. The molecular formula is C19H15BrClN3O4. The first-order chi connectivity index (χ1) is 13.3. The molecule has 0 aliphatic rings. The van der Waals surface area contributed by atoms with E-state index in [0.717, 1.165) is 10.0 Å². The summed E-state index contributed by atoms with van der Waals surface area (Å²) < 4.78 is 0.952. The van der Waals surface area contributed by atoms with Crippen LogP contribution in [0.1, 0.15) is 21.5 Å². The lowest BCUT2D eigenvalue weighted by Crippen LogP contribution is -2.34. The molecule has 0 fully saturated rings. The number of carboxylic acid groups (broad SMARTS) is 1. The number of nitrogens with one attached hydrogen (secondary N) is 3. The zero-order valence-corrected chi connectivity index (χ0v) is 16.7. The fraction of sp³-hybridized carbons (Fsp3) is 0.105. The van der Waals surface area contributed by atoms with Crippen LogP contribution < -0.4 is 16.2 Å². The smallest absolute Gasteiger partial charge is 0.341 e. The van der Waals surface area contributed by atoms with Crippen molar-refractivity contribution >= 4 is 50.4 Å². The van der Waals surface area contributed by atoms with Crippen LogP contribution >= 0.6 is 27.5 Å². The molecule has 1 aromatic heterocycles. The first kappa shape index (κ1) is 19.9. The summed E-state index contributed by atoms with van der Waals surface area (Å²) in [5.74, 6) is -1.32. The number of pyridine rings is 1. The Labute approximate surface area is 172 Å². The van der Waals surface area contributed by atoms with Gasteiger partial charge in [0, 0.05) is 28.0 Å². The quantitative estimate of drug-likeness (QED) is 0.462. The lowest BCUT2D eigenvalue weighted by Gasteiger charge is -2.11. The Morgan fingerprint density at radius 1 is 1.07 bits per heavy atom. The van der Waals surface area contributed by atoms with Gasteiger partial charge in [0.1, 0.15) is 5.56 Å². The number of rotatable bonds is 5. The molecule has 2 amide bonds. The summed E-state index contributed by atoms with van der Waals surface area (Å²) in [6.07, 6.45) is 0. The highest BCUT2D eigenvalue weighted by Crippen LogP contribution is 2.22. The number of amides is 2. The van der Waals surface area contributed by atoms with E-state index in [1.54, 1.807) is 12.1 Å². The zero-order valence-electron chi connectivity index (χ0n) is 14.4. The number of benzene rings is 2. The number of H-pyrrole nitrogens is 1. The second-order valence-corrected chi connectivity index (χ2v) is 7.36. The molecule has 4 N–H and O–H groups in total. The number of aromatic carboxylic acids is 1. The fourth-order valence-electron chi connectivity index (χ4n) is 2.68. The molecule has 0 bridgehead atoms. The lowest BCUT2D eigenvalue weighted by molar-refractivity contribution is 0.0695. The van der Waals surface area contributed by atoms with Gasteiger partial charge >= 0.3 is 12.0 Å². The van der Waals surface area contributed by atoms with Crippen LogP contribution in [0.15, 0.2) is 51.7 Å². The summed E-state index contributed by atoms with van der Waals surface area (Å²) in [4.78, 5) is 37.7. The third kappa shape index (κ3) is 4.71. The number of fused-ring (bicyclic) bond motifs is 1. The van der Waals surface area contributed by atoms with Crippen molar-refractivity contribution in [3.8, 4) is 0 Å². The van der Waals surface area contributed by atoms with Crippen LogP contribution in [-0.2, 0) is 13.1 Å². The van der Waals surface area contributed by atoms with Gasteiger partial charge in [-0.3, -0.25) is 4.79 Å². The first-order valence-electron chi connectivity index (χ1n) is 8.18. The number of hydrogen-bond acceptors (Lipinski definition) is 3. The molecule has 0 saturated heterocycles. The van der Waals surface area contributed by atoms with Crippen LogP contribution in [0.3, 0.4) is 0 Å². The van der Waals surface area contributed by atoms with E-state index in [4.69, 9.17) is 16.7 Å². The van der Waals surface area contributed by atoms with Crippen LogP contribution in [0.2, 0.25) is 5.02 Å². The minimum absolute atomic E-state index is 0.103. The molecule has 2 aromatic carbocycles. The van der Waals surface area contributed by atoms with Gasteiger partial charge in [0.05, 0.1) is 5.52 Å². The van der Waals surface area contributed by atoms with Crippen LogP contribution in [0.25, 0.3) is 10.9 Å². The number of urea groups is 1. The van der Waals surface area contributed by atoms with Gasteiger partial charge in [0.2, 0.25) is 0 Å². The van der Waals surface area contributed by atoms with Gasteiger partial charge in [0.25, 0.3) is 5.56 Å². The van der Waals surface area contributed by atoms with Crippen LogP contribution in [-0.4, -0.2) is 22.1 Å². The summed E-state index contributed by atoms with van der Waals surface area (Å²) in [6, 6.07) is 11.6. The number of aromatic amines is 1. The number of aromatic nitrogens is 1. The molecule has 144 valence electrons. The van der Waals surface area contributed by atoms with E-state index in [0.29, 0.717) is 28.0 Å². The average molecular weight is 465 g/mol. The third-order valence-electron chi connectivity index (χ3n) is 4.03. The van der Waals surface area contributed by atoms with Crippen molar-refractivity contribution in [1.29, 1.82) is 0 Å². The summed E-state index contributed by atoms with van der Waals surface area (Å²) in [6.45, 7) is 0.458. The van der Waals surface area contributed by atoms with Crippen molar-refractivity contribution in [1.82, 2.24) is 15.6 Å². The summed E-state index contributed by atoms with van der Waals surface area (Å²) >= 11 is 9.44. The molecule has 0 radical (unpaired) electrons. The summed E-state index contributed by atoms with van der Waals surface area (Å²) in [5.41, 5.74) is 0.837. The molecule has 0 spiro atoms. The van der Waals surface area contributed by atoms with Crippen LogP contribution in [0, 0.1) is 0 Å². The van der Waals surface area contributed by atoms with E-state index in [2.05, 4.69) is 31.5 Å². The Kier molecular flexibility index (Phi) is 6.01. The molecule has 0 saturated carbocycles. The van der Waals surface area contributed by atoms with Crippen molar-refractivity contribution in [3.05, 3.63) is 79.0 Å². The van der Waals surface area contributed by atoms with Crippen molar-refractivity contribution in [2.45, 2.75) is 13.1 Å². The van der Waals surface area contributed by atoms with E-state index in [1.165, 1.54) is 6.07 Å². The number of carbonyl (C=O) groups is 2. The Morgan fingerprint density at radius 2 is 1.75 bits per heavy atom. The number of hydrogen-bond donors (Lipinski definition) is 4. The first-order valence-corrected chi connectivity index (χ1v) is 9.35. The maximum atomic E-state index is 12.1. The van der Waals surface area contributed by atoms with Crippen molar-refractivity contribution < 1.29 is 14.7 Å². The Morgan fingerprint density at radius 3 is 2.43 bits per heavy atom. The normalized spacial score (nSPS) is 10.6. The van der Waals surface area contributed by atoms with Crippen molar-refractivity contribution in [2.24, 2.45) is 0 Å². The highest BCUT2D eigenvalue weighted by Gasteiger charge is 2.13. The van der Waals surface area contributed by atoms with Gasteiger partial charge in [-0.1, -0.05) is 39.7 Å². The predicted molar refractivity (Wildman–Crippen MR) is 110 cm³/mol.